The van der Waals surface area contributed by atoms with Crippen molar-refractivity contribution in [2.45, 2.75) is 51.5 Å². The Balaban J connectivity index is 1.85. The number of hydrogen-bond donors (Lipinski definition) is 0. The van der Waals surface area contributed by atoms with Gasteiger partial charge in [-0.2, -0.15) is 0 Å². The van der Waals surface area contributed by atoms with Crippen LogP contribution >= 0.6 is 0 Å². The zero-order valence-electron chi connectivity index (χ0n) is 17.8. The summed E-state index contributed by atoms with van der Waals surface area (Å²) in [5.41, 5.74) is 5.48. The average Bonchev–Trinajstić information content (AvgIpc) is 2.68. The van der Waals surface area contributed by atoms with Crippen LogP contribution in [0.25, 0.3) is 0 Å². The molecule has 4 rings (SSSR count). The van der Waals surface area contributed by atoms with Gasteiger partial charge in [0.25, 0.3) is 0 Å². The molecule has 0 bridgehead atoms. The van der Waals surface area contributed by atoms with Crippen LogP contribution in [0.4, 0.5) is 5.69 Å². The number of hydrogen-bond acceptors (Lipinski definition) is 1. The van der Waals surface area contributed by atoms with Crippen molar-refractivity contribution in [3.8, 4) is 0 Å². The lowest BCUT2D eigenvalue weighted by atomic mass is 9.64. The minimum Gasteiger partial charge on any atom is -0.306 e. The third-order valence-electron chi connectivity index (χ3n) is 6.29. The molecule has 3 aromatic carbocycles. The zero-order chi connectivity index (χ0) is 20.6. The standard InChI is InChI=1S/C27H29NO/c1-20-12-11-17-23-25(20)27(4,22-15-9-6-10-16-22)19-26(2,3)28(23)24(29)18-21-13-7-5-8-14-21/h5-17H,18-19H2,1-4H3. The van der Waals surface area contributed by atoms with Crippen LogP contribution in [0.5, 0.6) is 0 Å². The van der Waals surface area contributed by atoms with E-state index >= 15 is 0 Å². The summed E-state index contributed by atoms with van der Waals surface area (Å²) in [7, 11) is 0. The Morgan fingerprint density at radius 3 is 2.14 bits per heavy atom. The van der Waals surface area contributed by atoms with Crippen molar-refractivity contribution < 1.29 is 4.79 Å². The molecule has 0 aromatic heterocycles. The van der Waals surface area contributed by atoms with Gasteiger partial charge in [0.15, 0.2) is 0 Å². The summed E-state index contributed by atoms with van der Waals surface area (Å²) < 4.78 is 0. The summed E-state index contributed by atoms with van der Waals surface area (Å²) >= 11 is 0. The van der Waals surface area contributed by atoms with Crippen LogP contribution in [0.1, 0.15) is 49.4 Å². The van der Waals surface area contributed by atoms with Crippen molar-refractivity contribution in [3.63, 3.8) is 0 Å². The Bertz CT molecular complexity index is 1020. The maximum atomic E-state index is 13.5. The first kappa shape index (κ1) is 19.4. The summed E-state index contributed by atoms with van der Waals surface area (Å²) in [5.74, 6) is 0.156. The molecule has 2 heteroatoms. The van der Waals surface area contributed by atoms with E-state index in [9.17, 15) is 4.79 Å². The predicted octanol–water partition coefficient (Wildman–Crippen LogP) is 6.06. The molecule has 0 radical (unpaired) electrons. The predicted molar refractivity (Wildman–Crippen MR) is 120 cm³/mol. The van der Waals surface area contributed by atoms with Crippen molar-refractivity contribution in [1.82, 2.24) is 0 Å². The zero-order valence-corrected chi connectivity index (χ0v) is 17.8. The van der Waals surface area contributed by atoms with Gasteiger partial charge in [-0.05, 0) is 55.5 Å². The number of amides is 1. The molecule has 1 atom stereocenters. The summed E-state index contributed by atoms with van der Waals surface area (Å²) in [6, 6.07) is 27.1. The van der Waals surface area contributed by atoms with E-state index in [-0.39, 0.29) is 16.9 Å². The lowest BCUT2D eigenvalue weighted by Crippen LogP contribution is -2.56. The van der Waals surface area contributed by atoms with Crippen LogP contribution in [0.15, 0.2) is 78.9 Å². The summed E-state index contributed by atoms with van der Waals surface area (Å²) in [4.78, 5) is 15.6. The second-order valence-electron chi connectivity index (χ2n) is 9.05. The Kier molecular flexibility index (Phi) is 4.82. The molecule has 29 heavy (non-hydrogen) atoms. The SMILES string of the molecule is Cc1cccc2c1C(C)(c1ccccc1)CC(C)(C)N2C(=O)Cc1ccccc1. The molecule has 1 unspecified atom stereocenters. The first-order valence-corrected chi connectivity index (χ1v) is 10.4. The van der Waals surface area contributed by atoms with Gasteiger partial charge in [-0.3, -0.25) is 4.79 Å². The fourth-order valence-corrected chi connectivity index (χ4v) is 5.29. The van der Waals surface area contributed by atoms with E-state index in [1.165, 1.54) is 16.7 Å². The van der Waals surface area contributed by atoms with Crippen LogP contribution < -0.4 is 4.90 Å². The molecule has 148 valence electrons. The lowest BCUT2D eigenvalue weighted by molar-refractivity contribution is -0.119. The highest BCUT2D eigenvalue weighted by atomic mass is 16.2. The topological polar surface area (TPSA) is 20.3 Å². The van der Waals surface area contributed by atoms with Gasteiger partial charge in [0.05, 0.1) is 6.42 Å². The molecule has 0 saturated carbocycles. The van der Waals surface area contributed by atoms with Crippen molar-refractivity contribution in [1.29, 1.82) is 0 Å². The van der Waals surface area contributed by atoms with Crippen molar-refractivity contribution in [2.75, 3.05) is 4.90 Å². The molecule has 0 spiro atoms. The first-order chi connectivity index (χ1) is 13.8. The Hall–Kier alpha value is -2.87. The van der Waals surface area contributed by atoms with Crippen LogP contribution in [0.3, 0.4) is 0 Å². The molecule has 0 N–H and O–H groups in total. The monoisotopic (exact) mass is 383 g/mol. The molecule has 1 heterocycles. The minimum atomic E-state index is -0.294. The lowest BCUT2D eigenvalue weighted by Gasteiger charge is -2.52. The van der Waals surface area contributed by atoms with E-state index in [0.29, 0.717) is 6.42 Å². The maximum Gasteiger partial charge on any atom is 0.231 e. The van der Waals surface area contributed by atoms with Crippen molar-refractivity contribution in [3.05, 3.63) is 101 Å². The van der Waals surface area contributed by atoms with Gasteiger partial charge in [-0.15, -0.1) is 0 Å². The van der Waals surface area contributed by atoms with E-state index < -0.39 is 0 Å². The number of aryl methyl sites for hydroxylation is 1. The second kappa shape index (κ2) is 7.18. The smallest absolute Gasteiger partial charge is 0.231 e. The minimum absolute atomic E-state index is 0.144. The third kappa shape index (κ3) is 3.37. The number of rotatable bonds is 3. The molecule has 3 aromatic rings. The molecule has 1 aliphatic rings. The Morgan fingerprint density at radius 1 is 0.862 bits per heavy atom. The summed E-state index contributed by atoms with van der Waals surface area (Å²) in [6.45, 7) is 8.89. The molecule has 0 aliphatic carbocycles. The van der Waals surface area contributed by atoms with Gasteiger partial charge in [-0.1, -0.05) is 79.7 Å². The molecule has 0 saturated heterocycles. The van der Waals surface area contributed by atoms with Crippen LogP contribution in [0.2, 0.25) is 0 Å². The Labute approximate surface area is 174 Å². The van der Waals surface area contributed by atoms with E-state index in [0.717, 1.165) is 17.7 Å². The van der Waals surface area contributed by atoms with E-state index in [4.69, 9.17) is 0 Å². The van der Waals surface area contributed by atoms with Crippen molar-refractivity contribution >= 4 is 11.6 Å². The first-order valence-electron chi connectivity index (χ1n) is 10.4. The van der Waals surface area contributed by atoms with E-state index in [2.05, 4.69) is 76.2 Å². The highest BCUT2D eigenvalue weighted by Gasteiger charge is 2.48. The molecule has 2 nitrogen and oxygen atoms in total. The number of anilines is 1. The fraction of sp³-hybridized carbons (Fsp3) is 0.296. The number of nitrogens with zero attached hydrogens (tertiary/aromatic N) is 1. The molecular weight excluding hydrogens is 354 g/mol. The van der Waals surface area contributed by atoms with Gasteiger partial charge < -0.3 is 4.90 Å². The Morgan fingerprint density at radius 2 is 1.48 bits per heavy atom. The largest absolute Gasteiger partial charge is 0.306 e. The van der Waals surface area contributed by atoms with Crippen LogP contribution in [-0.2, 0) is 16.6 Å². The van der Waals surface area contributed by atoms with Crippen molar-refractivity contribution in [2.24, 2.45) is 0 Å². The fourth-order valence-electron chi connectivity index (χ4n) is 5.29. The third-order valence-corrected chi connectivity index (χ3v) is 6.29. The molecular formula is C27H29NO. The summed E-state index contributed by atoms with van der Waals surface area (Å²) in [5, 5.41) is 0. The van der Waals surface area contributed by atoms with E-state index in [1.807, 2.05) is 35.2 Å². The van der Waals surface area contributed by atoms with Gasteiger partial charge in [0.1, 0.15) is 0 Å². The number of fused-ring (bicyclic) bond motifs is 1. The van der Waals surface area contributed by atoms with Gasteiger partial charge in [-0.25, -0.2) is 0 Å². The van der Waals surface area contributed by atoms with Gasteiger partial charge >= 0.3 is 0 Å². The normalized spacial score (nSPS) is 20.2. The molecule has 1 amide bonds. The second-order valence-corrected chi connectivity index (χ2v) is 9.05. The van der Waals surface area contributed by atoms with Gasteiger partial charge in [0, 0.05) is 16.6 Å². The molecule has 1 aliphatic heterocycles. The highest BCUT2D eigenvalue weighted by molar-refractivity contribution is 5.98. The number of carbonyl (C=O) groups is 1. The summed E-state index contributed by atoms with van der Waals surface area (Å²) in [6.07, 6.45) is 1.29. The van der Waals surface area contributed by atoms with Gasteiger partial charge in [0.2, 0.25) is 5.91 Å². The van der Waals surface area contributed by atoms with E-state index in [1.54, 1.807) is 0 Å². The number of carbonyl (C=O) groups excluding carboxylic acids is 1. The number of benzene rings is 3. The highest BCUT2D eigenvalue weighted by Crippen LogP contribution is 2.51. The quantitative estimate of drug-likeness (QED) is 0.538. The van der Waals surface area contributed by atoms with Crippen LogP contribution in [0, 0.1) is 6.92 Å². The average molecular weight is 384 g/mol. The maximum absolute atomic E-state index is 13.5. The van der Waals surface area contributed by atoms with Crippen LogP contribution in [-0.4, -0.2) is 11.4 Å². The molecule has 0 fully saturated rings.